The summed E-state index contributed by atoms with van der Waals surface area (Å²) in [4.78, 5) is 14.7. The number of ether oxygens (including phenoxy) is 1. The highest BCUT2D eigenvalue weighted by molar-refractivity contribution is 7.14. The van der Waals surface area contributed by atoms with Gasteiger partial charge in [-0.1, -0.05) is 6.92 Å². The lowest BCUT2D eigenvalue weighted by atomic mass is 10.0. The number of piperidine rings is 1. The minimum Gasteiger partial charge on any atom is -0.376 e. The lowest BCUT2D eigenvalue weighted by Crippen LogP contribution is -2.52. The molecule has 1 aromatic heterocycles. The van der Waals surface area contributed by atoms with E-state index in [-0.39, 0.29) is 24.2 Å². The van der Waals surface area contributed by atoms with Crippen molar-refractivity contribution in [1.82, 2.24) is 10.6 Å². The first-order valence-electron chi connectivity index (χ1n) is 8.73. The van der Waals surface area contributed by atoms with E-state index in [1.807, 2.05) is 0 Å². The second kappa shape index (κ2) is 8.02. The van der Waals surface area contributed by atoms with E-state index in [9.17, 15) is 4.79 Å². The van der Waals surface area contributed by atoms with Crippen molar-refractivity contribution in [2.45, 2.75) is 57.2 Å². The highest BCUT2D eigenvalue weighted by atomic mass is 32.1. The molecular weight excluding hydrogens is 310 g/mol. The Morgan fingerprint density at radius 1 is 1.43 bits per heavy atom. The molecule has 0 radical (unpaired) electrons. The zero-order valence-corrected chi connectivity index (χ0v) is 14.6. The number of nitrogens with one attached hydrogen (secondary N) is 2. The minimum absolute atomic E-state index is 0.0399. The number of carbonyl (C=O) groups excluding carboxylic acids is 1. The molecule has 2 atom stereocenters. The highest BCUT2D eigenvalue weighted by Crippen LogP contribution is 2.24. The molecule has 3 rings (SSSR count). The van der Waals surface area contributed by atoms with Crippen LogP contribution >= 0.6 is 11.3 Å². The van der Waals surface area contributed by atoms with Gasteiger partial charge >= 0.3 is 6.03 Å². The molecule has 2 amide bonds. The van der Waals surface area contributed by atoms with Crippen molar-refractivity contribution in [3.8, 4) is 0 Å². The van der Waals surface area contributed by atoms with Gasteiger partial charge in [0.15, 0.2) is 0 Å². The topological polar surface area (TPSA) is 53.6 Å². The first kappa shape index (κ1) is 16.6. The number of urea groups is 1. The Labute approximate surface area is 142 Å². The fourth-order valence-electron chi connectivity index (χ4n) is 3.47. The number of anilines is 1. The maximum atomic E-state index is 12.3. The Balaban J connectivity index is 1.42. The lowest BCUT2D eigenvalue weighted by Gasteiger charge is -2.33. The van der Waals surface area contributed by atoms with Crippen LogP contribution in [0.15, 0.2) is 17.5 Å². The van der Waals surface area contributed by atoms with E-state index in [1.165, 1.54) is 5.00 Å². The van der Waals surface area contributed by atoms with Gasteiger partial charge in [-0.05, 0) is 49.6 Å². The Morgan fingerprint density at radius 2 is 2.26 bits per heavy atom. The summed E-state index contributed by atoms with van der Waals surface area (Å²) in [5.74, 6) is 0. The van der Waals surface area contributed by atoms with Crippen LogP contribution in [-0.4, -0.2) is 43.9 Å². The third-order valence-electron chi connectivity index (χ3n) is 4.82. The van der Waals surface area contributed by atoms with Gasteiger partial charge in [0.25, 0.3) is 0 Å². The fraction of sp³-hybridized carbons (Fsp3) is 0.706. The number of hydrogen-bond donors (Lipinski definition) is 2. The van der Waals surface area contributed by atoms with Crippen LogP contribution in [0.5, 0.6) is 0 Å². The van der Waals surface area contributed by atoms with Gasteiger partial charge in [-0.3, -0.25) is 0 Å². The average molecular weight is 337 g/mol. The van der Waals surface area contributed by atoms with Crippen LogP contribution in [0, 0.1) is 0 Å². The number of carbonyl (C=O) groups is 1. The molecule has 128 valence electrons. The monoisotopic (exact) mass is 337 g/mol. The van der Waals surface area contributed by atoms with E-state index >= 15 is 0 Å². The molecule has 23 heavy (non-hydrogen) atoms. The van der Waals surface area contributed by atoms with Crippen LogP contribution < -0.4 is 15.5 Å². The summed E-state index contributed by atoms with van der Waals surface area (Å²) in [6.07, 6.45) is 5.26. The normalized spacial score (nSPS) is 23.7. The molecule has 0 saturated carbocycles. The Bertz CT molecular complexity index is 480. The number of amides is 2. The van der Waals surface area contributed by atoms with E-state index in [0.29, 0.717) is 0 Å². The molecule has 3 heterocycles. The first-order valence-corrected chi connectivity index (χ1v) is 9.61. The van der Waals surface area contributed by atoms with Crippen molar-refractivity contribution in [3.63, 3.8) is 0 Å². The number of thiophene rings is 1. The predicted octanol–water partition coefficient (Wildman–Crippen LogP) is 2.97. The molecule has 2 fully saturated rings. The summed E-state index contributed by atoms with van der Waals surface area (Å²) >= 11 is 1.78. The average Bonchev–Trinajstić information content (AvgIpc) is 3.26. The molecule has 2 aliphatic rings. The quantitative estimate of drug-likeness (QED) is 0.868. The molecule has 6 heteroatoms. The Hall–Kier alpha value is -1.27. The van der Waals surface area contributed by atoms with Gasteiger partial charge in [-0.25, -0.2) is 4.79 Å². The molecule has 1 aromatic rings. The standard InChI is InChI=1S/C17H27N3O2S/c1-2-14(15-5-3-11-22-15)19-17(21)18-13-7-9-20(10-8-13)16-6-4-12-23-16/h4,6,12-15H,2-3,5,7-11H2,1H3,(H2,18,19,21)/t14-,15+/m1/s1. The largest absolute Gasteiger partial charge is 0.376 e. The van der Waals surface area contributed by atoms with Gasteiger partial charge in [0, 0.05) is 25.7 Å². The van der Waals surface area contributed by atoms with Crippen LogP contribution in [0.3, 0.4) is 0 Å². The molecular formula is C17H27N3O2S. The smallest absolute Gasteiger partial charge is 0.315 e. The molecule has 0 unspecified atom stereocenters. The third-order valence-corrected chi connectivity index (χ3v) is 5.75. The summed E-state index contributed by atoms with van der Waals surface area (Å²) < 4.78 is 5.70. The van der Waals surface area contributed by atoms with Gasteiger partial charge in [0.2, 0.25) is 0 Å². The second-order valence-corrected chi connectivity index (χ2v) is 7.32. The fourth-order valence-corrected chi connectivity index (χ4v) is 4.25. The zero-order valence-electron chi connectivity index (χ0n) is 13.8. The van der Waals surface area contributed by atoms with Crippen molar-refractivity contribution in [2.75, 3.05) is 24.6 Å². The molecule has 0 spiro atoms. The molecule has 2 aliphatic heterocycles. The Morgan fingerprint density at radius 3 is 2.87 bits per heavy atom. The molecule has 0 aliphatic carbocycles. The van der Waals surface area contributed by atoms with Gasteiger partial charge in [-0.2, -0.15) is 0 Å². The number of hydrogen-bond acceptors (Lipinski definition) is 4. The van der Waals surface area contributed by atoms with Crippen molar-refractivity contribution in [1.29, 1.82) is 0 Å². The highest BCUT2D eigenvalue weighted by Gasteiger charge is 2.27. The summed E-state index contributed by atoms with van der Waals surface area (Å²) in [6, 6.07) is 4.62. The van der Waals surface area contributed by atoms with Gasteiger partial charge < -0.3 is 20.3 Å². The van der Waals surface area contributed by atoms with Crippen LogP contribution in [0.25, 0.3) is 0 Å². The molecule has 2 saturated heterocycles. The maximum absolute atomic E-state index is 12.3. The summed E-state index contributed by atoms with van der Waals surface area (Å²) in [5, 5.41) is 9.70. The molecule has 0 aromatic carbocycles. The third kappa shape index (κ3) is 4.38. The van der Waals surface area contributed by atoms with Crippen LogP contribution in [0.2, 0.25) is 0 Å². The van der Waals surface area contributed by atoms with E-state index < -0.39 is 0 Å². The SMILES string of the molecule is CC[C@@H](NC(=O)NC1CCN(c2cccs2)CC1)[C@@H]1CCCO1. The number of rotatable bonds is 5. The summed E-state index contributed by atoms with van der Waals surface area (Å²) in [7, 11) is 0. The number of nitrogens with zero attached hydrogens (tertiary/aromatic N) is 1. The van der Waals surface area contributed by atoms with Gasteiger partial charge in [0.1, 0.15) is 0 Å². The van der Waals surface area contributed by atoms with E-state index in [0.717, 1.165) is 51.8 Å². The molecule has 2 N–H and O–H groups in total. The lowest BCUT2D eigenvalue weighted by molar-refractivity contribution is 0.0794. The maximum Gasteiger partial charge on any atom is 0.315 e. The van der Waals surface area contributed by atoms with E-state index in [4.69, 9.17) is 4.74 Å². The zero-order chi connectivity index (χ0) is 16.1. The van der Waals surface area contributed by atoms with Crippen LogP contribution in [0.1, 0.15) is 39.0 Å². The summed E-state index contributed by atoms with van der Waals surface area (Å²) in [6.45, 7) is 4.95. The van der Waals surface area contributed by atoms with Crippen LogP contribution in [0.4, 0.5) is 9.80 Å². The molecule has 0 bridgehead atoms. The van der Waals surface area contributed by atoms with Crippen molar-refractivity contribution in [2.24, 2.45) is 0 Å². The van der Waals surface area contributed by atoms with Crippen molar-refractivity contribution >= 4 is 22.4 Å². The summed E-state index contributed by atoms with van der Waals surface area (Å²) in [5.41, 5.74) is 0. The van der Waals surface area contributed by atoms with Gasteiger partial charge in [-0.15, -0.1) is 11.3 Å². The van der Waals surface area contributed by atoms with Crippen LogP contribution in [-0.2, 0) is 4.74 Å². The molecule has 5 nitrogen and oxygen atoms in total. The minimum atomic E-state index is -0.0399. The Kier molecular flexibility index (Phi) is 5.78. The van der Waals surface area contributed by atoms with E-state index in [2.05, 4.69) is 40.0 Å². The van der Waals surface area contributed by atoms with E-state index in [1.54, 1.807) is 11.3 Å². The van der Waals surface area contributed by atoms with Crippen molar-refractivity contribution < 1.29 is 9.53 Å². The predicted molar refractivity (Wildman–Crippen MR) is 94.3 cm³/mol. The van der Waals surface area contributed by atoms with Gasteiger partial charge in [0.05, 0.1) is 17.1 Å². The van der Waals surface area contributed by atoms with Crippen molar-refractivity contribution in [3.05, 3.63) is 17.5 Å². The second-order valence-electron chi connectivity index (χ2n) is 6.40. The first-order chi connectivity index (χ1) is 11.3.